The van der Waals surface area contributed by atoms with Crippen molar-refractivity contribution >= 4 is 40.4 Å². The first kappa shape index (κ1) is 17.7. The summed E-state index contributed by atoms with van der Waals surface area (Å²) in [5.41, 5.74) is 0.529. The number of halogens is 1. The third-order valence-corrected chi connectivity index (χ3v) is 5.18. The molecule has 0 spiro atoms. The Kier molecular flexibility index (Phi) is 5.22. The van der Waals surface area contributed by atoms with Gasteiger partial charge in [0.1, 0.15) is 5.76 Å². The fraction of sp³-hybridized carbons (Fsp3) is 0.222. The molecule has 1 saturated heterocycles. The number of carbonyl (C=O) groups is 2. The number of hydrogen-bond acceptors (Lipinski definition) is 5. The molecule has 1 aliphatic heterocycles. The number of likely N-dealkylation sites (tertiary alicyclic amines) is 1. The fourth-order valence-corrected chi connectivity index (χ4v) is 3.78. The van der Waals surface area contributed by atoms with Gasteiger partial charge in [0, 0.05) is 29.1 Å². The van der Waals surface area contributed by atoms with Gasteiger partial charge in [0.2, 0.25) is 0 Å². The van der Waals surface area contributed by atoms with Gasteiger partial charge < -0.3 is 14.7 Å². The van der Waals surface area contributed by atoms with Crippen LogP contribution in [0.1, 0.15) is 16.5 Å². The minimum Gasteiger partial charge on any atom is -0.507 e. The van der Waals surface area contributed by atoms with E-state index < -0.39 is 17.7 Å². The van der Waals surface area contributed by atoms with E-state index in [9.17, 15) is 14.7 Å². The molecule has 7 heteroatoms. The third kappa shape index (κ3) is 3.33. The zero-order valence-corrected chi connectivity index (χ0v) is 15.0. The van der Waals surface area contributed by atoms with Crippen LogP contribution in [0.4, 0.5) is 0 Å². The molecular weight excluding hydrogens is 362 g/mol. The van der Waals surface area contributed by atoms with Crippen molar-refractivity contribution in [1.29, 1.82) is 0 Å². The molecule has 3 rings (SSSR count). The molecule has 130 valence electrons. The Bertz CT molecular complexity index is 814. The van der Waals surface area contributed by atoms with Crippen molar-refractivity contribution in [3.05, 3.63) is 62.8 Å². The number of aliphatic hydroxyl groups excluding tert-OH is 1. The number of hydrogen-bond donors (Lipinski definition) is 1. The number of aliphatic hydroxyl groups is 1. The van der Waals surface area contributed by atoms with Crippen LogP contribution in [0.3, 0.4) is 0 Å². The van der Waals surface area contributed by atoms with Crippen molar-refractivity contribution in [3.63, 3.8) is 0 Å². The number of methoxy groups -OCH3 is 1. The van der Waals surface area contributed by atoms with Crippen LogP contribution in [0.5, 0.6) is 0 Å². The number of nitrogens with zero attached hydrogens (tertiary/aromatic N) is 1. The molecule has 2 heterocycles. The Hall–Kier alpha value is -2.15. The molecule has 1 N–H and O–H groups in total. The van der Waals surface area contributed by atoms with Crippen LogP contribution in [-0.4, -0.2) is 42.0 Å². The van der Waals surface area contributed by atoms with Gasteiger partial charge in [0.15, 0.2) is 0 Å². The van der Waals surface area contributed by atoms with Gasteiger partial charge in [0.05, 0.1) is 18.2 Å². The van der Waals surface area contributed by atoms with Crippen molar-refractivity contribution in [2.24, 2.45) is 0 Å². The van der Waals surface area contributed by atoms with Gasteiger partial charge in [0.25, 0.3) is 11.7 Å². The highest BCUT2D eigenvalue weighted by molar-refractivity contribution is 7.10. The van der Waals surface area contributed by atoms with Crippen LogP contribution >= 0.6 is 22.9 Å². The predicted octanol–water partition coefficient (Wildman–Crippen LogP) is 3.47. The molecule has 0 saturated carbocycles. The highest BCUT2D eigenvalue weighted by Gasteiger charge is 2.46. The molecule has 1 fully saturated rings. The second-order valence-corrected chi connectivity index (χ2v) is 6.92. The van der Waals surface area contributed by atoms with Crippen molar-refractivity contribution < 1.29 is 19.4 Å². The summed E-state index contributed by atoms with van der Waals surface area (Å²) in [6, 6.07) is 9.55. The molecule has 0 bridgehead atoms. The van der Waals surface area contributed by atoms with Crippen molar-refractivity contribution in [2.75, 3.05) is 20.3 Å². The Morgan fingerprint density at radius 3 is 2.60 bits per heavy atom. The Labute approximate surface area is 154 Å². The summed E-state index contributed by atoms with van der Waals surface area (Å²) in [5, 5.41) is 13.1. The maximum atomic E-state index is 12.6. The van der Waals surface area contributed by atoms with Gasteiger partial charge in [-0.3, -0.25) is 9.59 Å². The van der Waals surface area contributed by atoms with E-state index in [2.05, 4.69) is 0 Å². The van der Waals surface area contributed by atoms with Gasteiger partial charge in [-0.2, -0.15) is 0 Å². The van der Waals surface area contributed by atoms with E-state index in [1.807, 2.05) is 17.5 Å². The lowest BCUT2D eigenvalue weighted by atomic mass is 10.00. The van der Waals surface area contributed by atoms with Crippen molar-refractivity contribution in [1.82, 2.24) is 4.90 Å². The molecule has 1 atom stereocenters. The molecular formula is C18H16ClNO4S. The molecule has 0 radical (unpaired) electrons. The average molecular weight is 378 g/mol. The number of thiophene rings is 1. The van der Waals surface area contributed by atoms with Crippen LogP contribution in [0.25, 0.3) is 5.76 Å². The second kappa shape index (κ2) is 7.39. The summed E-state index contributed by atoms with van der Waals surface area (Å²) in [6.45, 7) is 0.566. The number of ether oxygens (including phenoxy) is 1. The van der Waals surface area contributed by atoms with Crippen LogP contribution in [0.2, 0.25) is 5.02 Å². The van der Waals surface area contributed by atoms with E-state index in [-0.39, 0.29) is 17.9 Å². The average Bonchev–Trinajstić information content (AvgIpc) is 3.21. The molecule has 1 amide bonds. The Balaban J connectivity index is 2.11. The molecule has 1 aromatic carbocycles. The van der Waals surface area contributed by atoms with Gasteiger partial charge in [-0.05, 0) is 35.7 Å². The van der Waals surface area contributed by atoms with E-state index >= 15 is 0 Å². The molecule has 1 unspecified atom stereocenters. The molecule has 25 heavy (non-hydrogen) atoms. The number of Topliss-reactive ketones (excluding diaryl/α,β-unsaturated/α-hetero) is 1. The van der Waals surface area contributed by atoms with Crippen LogP contribution in [-0.2, 0) is 14.3 Å². The quantitative estimate of drug-likeness (QED) is 0.492. The van der Waals surface area contributed by atoms with Crippen LogP contribution in [0, 0.1) is 0 Å². The monoisotopic (exact) mass is 377 g/mol. The zero-order chi connectivity index (χ0) is 18.0. The number of rotatable bonds is 5. The SMILES string of the molecule is COCCN1C(=O)C(=O)/C(=C(\O)c2ccc(Cl)cc2)C1c1cccs1. The van der Waals surface area contributed by atoms with Crippen molar-refractivity contribution in [2.45, 2.75) is 6.04 Å². The summed E-state index contributed by atoms with van der Waals surface area (Å²) < 4.78 is 5.05. The smallest absolute Gasteiger partial charge is 0.295 e. The number of benzene rings is 1. The first-order valence-corrected chi connectivity index (χ1v) is 8.87. The number of ketones is 1. The summed E-state index contributed by atoms with van der Waals surface area (Å²) in [5.74, 6) is -1.53. The minimum atomic E-state index is -0.693. The lowest BCUT2D eigenvalue weighted by Crippen LogP contribution is -2.32. The Morgan fingerprint density at radius 2 is 2.00 bits per heavy atom. The van der Waals surface area contributed by atoms with Gasteiger partial charge >= 0.3 is 0 Å². The standard InChI is InChI=1S/C18H16ClNO4S/c1-24-9-8-20-15(13-3-2-10-25-13)14(17(22)18(20)23)16(21)11-4-6-12(19)7-5-11/h2-7,10,15,21H,8-9H2,1H3/b16-14-. The summed E-state index contributed by atoms with van der Waals surface area (Å²) in [6.07, 6.45) is 0. The van der Waals surface area contributed by atoms with E-state index in [1.165, 1.54) is 23.3 Å². The summed E-state index contributed by atoms with van der Waals surface area (Å²) >= 11 is 7.31. The van der Waals surface area contributed by atoms with E-state index in [0.29, 0.717) is 17.2 Å². The fourth-order valence-electron chi connectivity index (χ4n) is 2.81. The summed E-state index contributed by atoms with van der Waals surface area (Å²) in [4.78, 5) is 27.3. The highest BCUT2D eigenvalue weighted by atomic mass is 35.5. The second-order valence-electron chi connectivity index (χ2n) is 5.51. The van der Waals surface area contributed by atoms with Gasteiger partial charge in [-0.15, -0.1) is 11.3 Å². The molecule has 2 aromatic rings. The summed E-state index contributed by atoms with van der Waals surface area (Å²) in [7, 11) is 1.53. The zero-order valence-electron chi connectivity index (χ0n) is 13.4. The van der Waals surface area contributed by atoms with Crippen molar-refractivity contribution in [3.8, 4) is 0 Å². The van der Waals surface area contributed by atoms with E-state index in [0.717, 1.165) is 4.88 Å². The maximum Gasteiger partial charge on any atom is 0.295 e. The lowest BCUT2D eigenvalue weighted by Gasteiger charge is -2.23. The van der Waals surface area contributed by atoms with Gasteiger partial charge in [-0.1, -0.05) is 17.7 Å². The van der Waals surface area contributed by atoms with Crippen LogP contribution in [0.15, 0.2) is 47.4 Å². The molecule has 1 aromatic heterocycles. The topological polar surface area (TPSA) is 66.8 Å². The third-order valence-electron chi connectivity index (χ3n) is 4.01. The normalized spacial score (nSPS) is 19.6. The molecule has 1 aliphatic rings. The van der Waals surface area contributed by atoms with E-state index in [4.69, 9.17) is 16.3 Å². The predicted molar refractivity (Wildman–Crippen MR) is 96.7 cm³/mol. The first-order valence-electron chi connectivity index (χ1n) is 7.61. The number of carbonyl (C=O) groups excluding carboxylic acids is 2. The molecule has 0 aliphatic carbocycles. The largest absolute Gasteiger partial charge is 0.507 e. The first-order chi connectivity index (χ1) is 12.0. The minimum absolute atomic E-state index is 0.0888. The van der Waals surface area contributed by atoms with Gasteiger partial charge in [-0.25, -0.2) is 0 Å². The highest BCUT2D eigenvalue weighted by Crippen LogP contribution is 2.40. The number of amides is 1. The van der Waals surface area contributed by atoms with E-state index in [1.54, 1.807) is 24.3 Å². The Morgan fingerprint density at radius 1 is 1.28 bits per heavy atom. The molecule has 5 nitrogen and oxygen atoms in total. The lowest BCUT2D eigenvalue weighted by molar-refractivity contribution is -0.140. The maximum absolute atomic E-state index is 12.6. The van der Waals surface area contributed by atoms with Crippen LogP contribution < -0.4 is 0 Å².